The summed E-state index contributed by atoms with van der Waals surface area (Å²) in [7, 11) is 0. The molecule has 0 amide bonds. The van der Waals surface area contributed by atoms with Crippen molar-refractivity contribution in [2.24, 2.45) is 0 Å². The summed E-state index contributed by atoms with van der Waals surface area (Å²) in [6.07, 6.45) is -2.79. The van der Waals surface area contributed by atoms with Gasteiger partial charge < -0.3 is 4.42 Å². The van der Waals surface area contributed by atoms with E-state index in [9.17, 15) is 13.2 Å². The number of nitrogens with zero attached hydrogens (tertiary/aromatic N) is 4. The summed E-state index contributed by atoms with van der Waals surface area (Å²) < 4.78 is 44.9. The molecule has 9 heteroatoms. The van der Waals surface area contributed by atoms with Crippen LogP contribution in [0.2, 0.25) is 0 Å². The van der Waals surface area contributed by atoms with E-state index in [-0.39, 0.29) is 0 Å². The highest BCUT2D eigenvalue weighted by Crippen LogP contribution is 2.30. The maximum Gasteiger partial charge on any atom is 0.416 e. The fourth-order valence-electron chi connectivity index (χ4n) is 1.93. The number of thioether (sulfide) groups is 1. The van der Waals surface area contributed by atoms with Crippen molar-refractivity contribution in [3.8, 4) is 0 Å². The molecule has 0 bridgehead atoms. The van der Waals surface area contributed by atoms with Crippen molar-refractivity contribution in [2.45, 2.75) is 23.6 Å². The van der Waals surface area contributed by atoms with E-state index in [1.165, 1.54) is 22.5 Å². The van der Waals surface area contributed by atoms with Crippen molar-refractivity contribution >= 4 is 11.8 Å². The van der Waals surface area contributed by atoms with Gasteiger partial charge >= 0.3 is 6.18 Å². The predicted octanol–water partition coefficient (Wildman–Crippen LogP) is 3.63. The first-order chi connectivity index (χ1) is 11.0. The minimum Gasteiger partial charge on any atom is -0.467 e. The lowest BCUT2D eigenvalue weighted by Crippen LogP contribution is -2.05. The maximum atomic E-state index is 12.7. The molecule has 2 heterocycles. The zero-order valence-electron chi connectivity index (χ0n) is 11.7. The number of halogens is 3. The second-order valence-electron chi connectivity index (χ2n) is 4.69. The average molecular weight is 340 g/mol. The number of aromatic nitrogens is 4. The minimum absolute atomic E-state index is 0.336. The van der Waals surface area contributed by atoms with E-state index in [0.29, 0.717) is 28.8 Å². The molecule has 3 aromatic rings. The molecule has 0 unspecified atom stereocenters. The van der Waals surface area contributed by atoms with E-state index >= 15 is 0 Å². The van der Waals surface area contributed by atoms with Crippen molar-refractivity contribution in [3.05, 3.63) is 59.5 Å². The maximum absolute atomic E-state index is 12.7. The molecule has 2 aromatic heterocycles. The fourth-order valence-corrected chi connectivity index (χ4v) is 2.75. The molecule has 0 radical (unpaired) electrons. The lowest BCUT2D eigenvalue weighted by molar-refractivity contribution is -0.137. The molecule has 23 heavy (non-hydrogen) atoms. The van der Waals surface area contributed by atoms with Gasteiger partial charge in [0.15, 0.2) is 0 Å². The Balaban J connectivity index is 1.68. The van der Waals surface area contributed by atoms with Crippen LogP contribution in [0.5, 0.6) is 0 Å². The highest BCUT2D eigenvalue weighted by atomic mass is 32.2. The standard InChI is InChI=1S/C14H11F3N4OS/c15-14(16,17)11-4-1-3-10(7-11)9-23-13-18-19-20-21(13)8-12-5-2-6-22-12/h1-7H,8-9H2. The van der Waals surface area contributed by atoms with Gasteiger partial charge in [-0.05, 0) is 34.2 Å². The quantitative estimate of drug-likeness (QED) is 0.664. The number of hydrogen-bond acceptors (Lipinski definition) is 5. The van der Waals surface area contributed by atoms with Crippen LogP contribution in [0.25, 0.3) is 0 Å². The van der Waals surface area contributed by atoms with Crippen LogP contribution in [0.3, 0.4) is 0 Å². The SMILES string of the molecule is FC(F)(F)c1cccc(CSc2nnnn2Cc2ccco2)c1. The van der Waals surface area contributed by atoms with Crippen LogP contribution in [0, 0.1) is 0 Å². The van der Waals surface area contributed by atoms with E-state index in [2.05, 4.69) is 15.5 Å². The van der Waals surface area contributed by atoms with E-state index in [4.69, 9.17) is 4.42 Å². The Labute approximate surface area is 133 Å². The molecular weight excluding hydrogens is 329 g/mol. The van der Waals surface area contributed by atoms with Crippen LogP contribution in [-0.4, -0.2) is 20.2 Å². The largest absolute Gasteiger partial charge is 0.467 e. The minimum atomic E-state index is -4.35. The summed E-state index contributed by atoms with van der Waals surface area (Å²) in [4.78, 5) is 0. The first kappa shape index (κ1) is 15.6. The second-order valence-corrected chi connectivity index (χ2v) is 5.63. The monoisotopic (exact) mass is 340 g/mol. The van der Waals surface area contributed by atoms with Gasteiger partial charge in [0, 0.05) is 5.75 Å². The van der Waals surface area contributed by atoms with Crippen LogP contribution < -0.4 is 0 Å². The molecule has 0 saturated carbocycles. The molecule has 0 aliphatic carbocycles. The number of hydrogen-bond donors (Lipinski definition) is 0. The van der Waals surface area contributed by atoms with Crippen molar-refractivity contribution < 1.29 is 17.6 Å². The number of alkyl halides is 3. The third-order valence-corrected chi connectivity index (χ3v) is 4.04. The summed E-state index contributed by atoms with van der Waals surface area (Å²) in [5, 5.41) is 11.8. The second kappa shape index (κ2) is 6.45. The third-order valence-electron chi connectivity index (χ3n) is 3.01. The first-order valence-electron chi connectivity index (χ1n) is 6.60. The van der Waals surface area contributed by atoms with Crippen molar-refractivity contribution in [1.29, 1.82) is 0 Å². The zero-order valence-corrected chi connectivity index (χ0v) is 12.5. The van der Waals surface area contributed by atoms with Crippen molar-refractivity contribution in [1.82, 2.24) is 20.2 Å². The van der Waals surface area contributed by atoms with Gasteiger partial charge in [-0.15, -0.1) is 5.10 Å². The predicted molar refractivity (Wildman–Crippen MR) is 76.6 cm³/mol. The van der Waals surface area contributed by atoms with Gasteiger partial charge in [0.05, 0.1) is 11.8 Å². The molecule has 0 atom stereocenters. The van der Waals surface area contributed by atoms with Crippen LogP contribution in [0.4, 0.5) is 13.2 Å². The Morgan fingerprint density at radius 2 is 2.04 bits per heavy atom. The Bertz CT molecular complexity index is 770. The summed E-state index contributed by atoms with van der Waals surface area (Å²) in [6, 6.07) is 8.77. The molecule has 5 nitrogen and oxygen atoms in total. The molecule has 0 fully saturated rings. The number of benzene rings is 1. The molecule has 3 rings (SSSR count). The normalized spacial score (nSPS) is 11.8. The lowest BCUT2D eigenvalue weighted by Gasteiger charge is -2.08. The van der Waals surface area contributed by atoms with Gasteiger partial charge in [-0.3, -0.25) is 0 Å². The van der Waals surface area contributed by atoms with Crippen LogP contribution in [0.1, 0.15) is 16.9 Å². The van der Waals surface area contributed by atoms with Crippen LogP contribution in [0.15, 0.2) is 52.2 Å². The van der Waals surface area contributed by atoms with Crippen molar-refractivity contribution in [3.63, 3.8) is 0 Å². The number of furan rings is 1. The van der Waals surface area contributed by atoms with Crippen molar-refractivity contribution in [2.75, 3.05) is 0 Å². The van der Waals surface area contributed by atoms with E-state index in [1.54, 1.807) is 24.5 Å². The van der Waals surface area contributed by atoms with E-state index in [0.717, 1.165) is 12.1 Å². The third kappa shape index (κ3) is 3.92. The lowest BCUT2D eigenvalue weighted by atomic mass is 10.1. The Hall–Kier alpha value is -2.29. The Morgan fingerprint density at radius 3 is 2.78 bits per heavy atom. The van der Waals surface area contributed by atoms with Gasteiger partial charge in [0.25, 0.3) is 0 Å². The molecule has 1 aromatic carbocycles. The van der Waals surface area contributed by atoms with Gasteiger partial charge in [0.2, 0.25) is 5.16 Å². The van der Waals surface area contributed by atoms with Gasteiger partial charge in [0.1, 0.15) is 12.3 Å². The van der Waals surface area contributed by atoms with Gasteiger partial charge in [-0.25, -0.2) is 4.68 Å². The molecule has 0 aliphatic rings. The fraction of sp³-hybridized carbons (Fsp3) is 0.214. The molecule has 0 spiro atoms. The summed E-state index contributed by atoms with van der Waals surface area (Å²) >= 11 is 1.27. The Morgan fingerprint density at radius 1 is 1.17 bits per heavy atom. The molecular formula is C14H11F3N4OS. The summed E-state index contributed by atoms with van der Waals surface area (Å²) in [5.41, 5.74) is -0.108. The number of tetrazole rings is 1. The van der Waals surface area contributed by atoms with E-state index in [1.807, 2.05) is 0 Å². The summed E-state index contributed by atoms with van der Waals surface area (Å²) in [6.45, 7) is 0.366. The molecule has 120 valence electrons. The highest BCUT2D eigenvalue weighted by Gasteiger charge is 2.30. The molecule has 0 aliphatic heterocycles. The van der Waals surface area contributed by atoms with Crippen LogP contribution >= 0.6 is 11.8 Å². The smallest absolute Gasteiger partial charge is 0.416 e. The van der Waals surface area contributed by atoms with E-state index < -0.39 is 11.7 Å². The highest BCUT2D eigenvalue weighted by molar-refractivity contribution is 7.98. The zero-order chi connectivity index (χ0) is 16.3. The first-order valence-corrected chi connectivity index (χ1v) is 7.58. The van der Waals surface area contributed by atoms with Gasteiger partial charge in [-0.1, -0.05) is 30.0 Å². The van der Waals surface area contributed by atoms with Gasteiger partial charge in [-0.2, -0.15) is 13.2 Å². The summed E-state index contributed by atoms with van der Waals surface area (Å²) in [5.74, 6) is 1.03. The molecule has 0 N–H and O–H groups in total. The molecule has 0 saturated heterocycles. The topological polar surface area (TPSA) is 56.7 Å². The average Bonchev–Trinajstić information content (AvgIpc) is 3.17. The van der Waals surface area contributed by atoms with Crippen LogP contribution in [-0.2, 0) is 18.5 Å². The Kier molecular flexibility index (Phi) is 4.37. The number of rotatable bonds is 5.